The zero-order valence-electron chi connectivity index (χ0n) is 16.5. The van der Waals surface area contributed by atoms with E-state index in [1.54, 1.807) is 19.2 Å². The molecule has 6 nitrogen and oxygen atoms in total. The van der Waals surface area contributed by atoms with E-state index in [0.29, 0.717) is 6.61 Å². The van der Waals surface area contributed by atoms with E-state index in [2.05, 4.69) is 5.32 Å². The number of carbonyl (C=O) groups excluding carboxylic acids is 2. The molecule has 1 aromatic heterocycles. The average Bonchev–Trinajstić information content (AvgIpc) is 3.39. The van der Waals surface area contributed by atoms with Crippen molar-refractivity contribution in [3.63, 3.8) is 0 Å². The first-order valence-corrected chi connectivity index (χ1v) is 9.80. The van der Waals surface area contributed by atoms with Crippen molar-refractivity contribution in [2.75, 3.05) is 20.3 Å². The quantitative estimate of drug-likeness (QED) is 0.756. The van der Waals surface area contributed by atoms with Crippen molar-refractivity contribution in [3.8, 4) is 0 Å². The third-order valence-corrected chi connectivity index (χ3v) is 5.18. The van der Waals surface area contributed by atoms with E-state index in [4.69, 9.17) is 9.15 Å². The van der Waals surface area contributed by atoms with Crippen molar-refractivity contribution >= 4 is 11.8 Å². The summed E-state index contributed by atoms with van der Waals surface area (Å²) in [5, 5.41) is 3.14. The lowest BCUT2D eigenvalue weighted by Crippen LogP contribution is -2.47. The summed E-state index contributed by atoms with van der Waals surface area (Å²) in [6, 6.07) is 10.4. The van der Waals surface area contributed by atoms with Crippen LogP contribution in [0, 0.1) is 6.92 Å². The van der Waals surface area contributed by atoms with Gasteiger partial charge >= 0.3 is 0 Å². The fraction of sp³-hybridized carbons (Fsp3) is 0.455. The van der Waals surface area contributed by atoms with E-state index < -0.39 is 6.04 Å². The van der Waals surface area contributed by atoms with Crippen LogP contribution >= 0.6 is 0 Å². The number of furan rings is 1. The Labute approximate surface area is 165 Å². The maximum atomic E-state index is 13.3. The maximum Gasteiger partial charge on any atom is 0.290 e. The van der Waals surface area contributed by atoms with Crippen LogP contribution in [0.3, 0.4) is 0 Å². The molecule has 1 aliphatic carbocycles. The molecule has 1 heterocycles. The molecule has 150 valence electrons. The van der Waals surface area contributed by atoms with Crippen molar-refractivity contribution < 1.29 is 18.7 Å². The molecule has 1 aromatic carbocycles. The number of aryl methyl sites for hydroxylation is 1. The Balaban J connectivity index is 1.93. The first-order valence-electron chi connectivity index (χ1n) is 9.80. The molecule has 2 aromatic rings. The molecule has 1 saturated carbocycles. The summed E-state index contributed by atoms with van der Waals surface area (Å²) in [4.78, 5) is 28.0. The highest BCUT2D eigenvalue weighted by Crippen LogP contribution is 2.26. The van der Waals surface area contributed by atoms with Gasteiger partial charge in [0.25, 0.3) is 5.91 Å². The molecule has 1 fully saturated rings. The van der Waals surface area contributed by atoms with Gasteiger partial charge in [-0.05, 0) is 37.5 Å². The van der Waals surface area contributed by atoms with E-state index >= 15 is 0 Å². The van der Waals surface area contributed by atoms with E-state index in [9.17, 15) is 9.59 Å². The third kappa shape index (κ3) is 4.81. The Bertz CT molecular complexity index is 764. The lowest BCUT2D eigenvalue weighted by Gasteiger charge is -2.31. The van der Waals surface area contributed by atoms with Crippen LogP contribution in [0.25, 0.3) is 0 Å². The van der Waals surface area contributed by atoms with Crippen LogP contribution in [0.4, 0.5) is 0 Å². The summed E-state index contributed by atoms with van der Waals surface area (Å²) in [6.45, 7) is 2.60. The lowest BCUT2D eigenvalue weighted by molar-refractivity contribution is -0.126. The number of benzene rings is 1. The predicted octanol–water partition coefficient (Wildman–Crippen LogP) is 3.48. The number of ether oxygens (including phenoxy) is 1. The molecule has 28 heavy (non-hydrogen) atoms. The van der Waals surface area contributed by atoms with Gasteiger partial charge in [-0.1, -0.05) is 42.7 Å². The van der Waals surface area contributed by atoms with Crippen LogP contribution < -0.4 is 5.32 Å². The van der Waals surface area contributed by atoms with Crippen LogP contribution in [0.1, 0.15) is 53.4 Å². The molecule has 0 saturated heterocycles. The van der Waals surface area contributed by atoms with Gasteiger partial charge in [0, 0.05) is 19.7 Å². The number of amides is 2. The zero-order chi connectivity index (χ0) is 19.9. The van der Waals surface area contributed by atoms with Crippen LogP contribution in [-0.4, -0.2) is 43.0 Å². The monoisotopic (exact) mass is 384 g/mol. The Morgan fingerprint density at radius 3 is 2.54 bits per heavy atom. The Kier molecular flexibility index (Phi) is 6.87. The minimum atomic E-state index is -0.742. The summed E-state index contributed by atoms with van der Waals surface area (Å²) in [7, 11) is 1.58. The number of hydrogen-bond donors (Lipinski definition) is 1. The van der Waals surface area contributed by atoms with Crippen molar-refractivity contribution in [2.24, 2.45) is 0 Å². The molecular formula is C22H28N2O4. The van der Waals surface area contributed by atoms with Crippen molar-refractivity contribution in [1.29, 1.82) is 0 Å². The summed E-state index contributed by atoms with van der Waals surface area (Å²) in [5.74, 6) is -0.275. The summed E-state index contributed by atoms with van der Waals surface area (Å²) < 4.78 is 10.5. The molecule has 1 N–H and O–H groups in total. The average molecular weight is 384 g/mol. The van der Waals surface area contributed by atoms with Crippen LogP contribution in [0.5, 0.6) is 0 Å². The minimum Gasteiger partial charge on any atom is -0.459 e. The highest BCUT2D eigenvalue weighted by atomic mass is 16.5. The topological polar surface area (TPSA) is 71.8 Å². The second-order valence-electron chi connectivity index (χ2n) is 7.27. The van der Waals surface area contributed by atoms with Gasteiger partial charge in [-0.2, -0.15) is 0 Å². The van der Waals surface area contributed by atoms with E-state index in [1.807, 2.05) is 31.2 Å². The molecule has 6 heteroatoms. The fourth-order valence-electron chi connectivity index (χ4n) is 3.65. The van der Waals surface area contributed by atoms with Crippen molar-refractivity contribution in [3.05, 3.63) is 59.5 Å². The van der Waals surface area contributed by atoms with Gasteiger partial charge in [0.05, 0.1) is 12.9 Å². The number of hydrogen-bond acceptors (Lipinski definition) is 4. The summed E-state index contributed by atoms with van der Waals surface area (Å²) in [6.07, 6.45) is 5.67. The number of carbonyl (C=O) groups is 2. The van der Waals surface area contributed by atoms with Crippen molar-refractivity contribution in [1.82, 2.24) is 10.2 Å². The van der Waals surface area contributed by atoms with Crippen molar-refractivity contribution in [2.45, 2.75) is 44.7 Å². The van der Waals surface area contributed by atoms with Gasteiger partial charge in [0.2, 0.25) is 5.91 Å². The molecule has 1 atom stereocenters. The highest BCUT2D eigenvalue weighted by Gasteiger charge is 2.34. The third-order valence-electron chi connectivity index (χ3n) is 5.18. The molecule has 0 radical (unpaired) electrons. The van der Waals surface area contributed by atoms with Crippen LogP contribution in [0.2, 0.25) is 0 Å². The van der Waals surface area contributed by atoms with E-state index in [1.165, 1.54) is 11.2 Å². The van der Waals surface area contributed by atoms with Crippen LogP contribution in [-0.2, 0) is 9.53 Å². The Hall–Kier alpha value is -2.60. The highest BCUT2D eigenvalue weighted by molar-refractivity contribution is 5.96. The van der Waals surface area contributed by atoms with Gasteiger partial charge in [0.1, 0.15) is 6.04 Å². The Morgan fingerprint density at radius 2 is 1.93 bits per heavy atom. The number of nitrogens with zero attached hydrogens (tertiary/aromatic N) is 1. The number of rotatable bonds is 8. The summed E-state index contributed by atoms with van der Waals surface area (Å²) in [5.41, 5.74) is 1.87. The Morgan fingerprint density at radius 1 is 1.21 bits per heavy atom. The molecule has 2 amide bonds. The number of nitrogens with one attached hydrogen (secondary N) is 1. The second-order valence-corrected chi connectivity index (χ2v) is 7.27. The SMILES string of the molecule is COCCN(C(=O)c1ccco1)C(C(=O)NC1CCCC1)c1ccc(C)cc1. The van der Waals surface area contributed by atoms with Crippen LogP contribution in [0.15, 0.2) is 47.1 Å². The first-order chi connectivity index (χ1) is 13.6. The molecular weight excluding hydrogens is 356 g/mol. The van der Waals surface area contributed by atoms with Gasteiger partial charge < -0.3 is 19.4 Å². The van der Waals surface area contributed by atoms with Gasteiger partial charge in [-0.25, -0.2) is 0 Å². The van der Waals surface area contributed by atoms with E-state index in [0.717, 1.165) is 36.8 Å². The van der Waals surface area contributed by atoms with Gasteiger partial charge in [0.15, 0.2) is 5.76 Å². The molecule has 0 bridgehead atoms. The standard InChI is InChI=1S/C22H28N2O4/c1-16-9-11-17(12-10-16)20(21(25)23-18-6-3-4-7-18)24(13-15-27-2)22(26)19-8-5-14-28-19/h5,8-12,14,18,20H,3-4,6-7,13,15H2,1-2H3,(H,23,25). The normalized spacial score (nSPS) is 15.4. The number of methoxy groups -OCH3 is 1. The second kappa shape index (κ2) is 9.55. The van der Waals surface area contributed by atoms with Gasteiger partial charge in [-0.3, -0.25) is 9.59 Å². The maximum absolute atomic E-state index is 13.3. The first kappa shape index (κ1) is 20.1. The fourth-order valence-corrected chi connectivity index (χ4v) is 3.65. The molecule has 0 spiro atoms. The lowest BCUT2D eigenvalue weighted by atomic mass is 10.0. The molecule has 1 unspecified atom stereocenters. The minimum absolute atomic E-state index is 0.160. The smallest absolute Gasteiger partial charge is 0.290 e. The molecule has 0 aliphatic heterocycles. The summed E-state index contributed by atoms with van der Waals surface area (Å²) >= 11 is 0. The predicted molar refractivity (Wildman–Crippen MR) is 106 cm³/mol. The van der Waals surface area contributed by atoms with E-state index in [-0.39, 0.29) is 30.2 Å². The molecule has 1 aliphatic rings. The largest absolute Gasteiger partial charge is 0.459 e. The molecule has 3 rings (SSSR count). The zero-order valence-corrected chi connectivity index (χ0v) is 16.5. The van der Waals surface area contributed by atoms with Gasteiger partial charge in [-0.15, -0.1) is 0 Å².